The zero-order valence-electron chi connectivity index (χ0n) is 9.45. The Kier molecular flexibility index (Phi) is 3.71. The Labute approximate surface area is 105 Å². The first-order valence-corrected chi connectivity index (χ1v) is 6.30. The van der Waals surface area contributed by atoms with Gasteiger partial charge in [-0.25, -0.2) is 0 Å². The quantitative estimate of drug-likeness (QED) is 0.867. The van der Waals surface area contributed by atoms with E-state index >= 15 is 0 Å². The summed E-state index contributed by atoms with van der Waals surface area (Å²) in [6, 6.07) is 6.01. The van der Waals surface area contributed by atoms with Gasteiger partial charge in [0.1, 0.15) is 0 Å². The van der Waals surface area contributed by atoms with Crippen molar-refractivity contribution in [3.63, 3.8) is 0 Å². The van der Waals surface area contributed by atoms with Gasteiger partial charge in [0, 0.05) is 30.6 Å². The number of anilines is 2. The smallest absolute Gasteiger partial charge is 0.0598 e. The molecule has 0 aliphatic carbocycles. The van der Waals surface area contributed by atoms with Gasteiger partial charge >= 0.3 is 0 Å². The Morgan fingerprint density at radius 3 is 3.00 bits per heavy atom. The Morgan fingerprint density at radius 2 is 2.38 bits per heavy atom. The van der Waals surface area contributed by atoms with Gasteiger partial charge in [0.25, 0.3) is 0 Å². The third-order valence-corrected chi connectivity index (χ3v) is 3.45. The van der Waals surface area contributed by atoms with Gasteiger partial charge in [-0.3, -0.25) is 0 Å². The summed E-state index contributed by atoms with van der Waals surface area (Å²) in [6.45, 7) is 2.78. The van der Waals surface area contributed by atoms with E-state index in [0.29, 0.717) is 5.92 Å². The lowest BCUT2D eigenvalue weighted by molar-refractivity contribution is 0.186. The van der Waals surface area contributed by atoms with Gasteiger partial charge in [0.2, 0.25) is 0 Å². The summed E-state index contributed by atoms with van der Waals surface area (Å²) < 4.78 is 6.40. The van der Waals surface area contributed by atoms with Gasteiger partial charge < -0.3 is 15.4 Å². The molecule has 1 heterocycles. The van der Waals surface area contributed by atoms with Crippen LogP contribution in [0.15, 0.2) is 22.7 Å². The molecule has 1 aliphatic rings. The highest BCUT2D eigenvalue weighted by Crippen LogP contribution is 2.27. The van der Waals surface area contributed by atoms with Gasteiger partial charge in [-0.2, -0.15) is 0 Å². The van der Waals surface area contributed by atoms with Gasteiger partial charge in [-0.05, 0) is 24.6 Å². The predicted molar refractivity (Wildman–Crippen MR) is 70.8 cm³/mol. The van der Waals surface area contributed by atoms with Crippen LogP contribution >= 0.6 is 15.9 Å². The highest BCUT2D eigenvalue weighted by atomic mass is 79.9. The molecule has 2 N–H and O–H groups in total. The third-order valence-electron chi connectivity index (χ3n) is 2.96. The SMILES string of the molecule is CN(CC1CCOC1)c1ccc(Br)cc1N. The normalized spacial score (nSPS) is 20.0. The van der Waals surface area contributed by atoms with Crippen LogP contribution in [-0.4, -0.2) is 26.8 Å². The molecule has 16 heavy (non-hydrogen) atoms. The zero-order chi connectivity index (χ0) is 11.5. The third kappa shape index (κ3) is 2.68. The monoisotopic (exact) mass is 284 g/mol. The van der Waals surface area contributed by atoms with Crippen molar-refractivity contribution < 1.29 is 4.74 Å². The van der Waals surface area contributed by atoms with E-state index in [1.807, 2.05) is 12.1 Å². The minimum absolute atomic E-state index is 0.632. The predicted octanol–water partition coefficient (Wildman–Crippen LogP) is 2.50. The number of hydrogen-bond acceptors (Lipinski definition) is 3. The molecule has 3 nitrogen and oxygen atoms in total. The van der Waals surface area contributed by atoms with Gasteiger partial charge in [0.15, 0.2) is 0 Å². The molecule has 0 amide bonds. The molecule has 1 aliphatic heterocycles. The number of rotatable bonds is 3. The molecular weight excluding hydrogens is 268 g/mol. The molecule has 1 unspecified atom stereocenters. The molecular formula is C12H17BrN2O. The Morgan fingerprint density at radius 1 is 1.56 bits per heavy atom. The number of halogens is 1. The summed E-state index contributed by atoms with van der Waals surface area (Å²) in [5.74, 6) is 0.632. The minimum Gasteiger partial charge on any atom is -0.397 e. The van der Waals surface area contributed by atoms with Crippen molar-refractivity contribution in [2.75, 3.05) is 37.4 Å². The Bertz CT molecular complexity index is 364. The lowest BCUT2D eigenvalue weighted by Gasteiger charge is -2.23. The molecule has 2 rings (SSSR count). The van der Waals surface area contributed by atoms with Gasteiger partial charge in [-0.15, -0.1) is 0 Å². The maximum absolute atomic E-state index is 5.99. The van der Waals surface area contributed by atoms with Gasteiger partial charge in [-0.1, -0.05) is 15.9 Å². The highest BCUT2D eigenvalue weighted by Gasteiger charge is 2.18. The lowest BCUT2D eigenvalue weighted by Crippen LogP contribution is -2.26. The molecule has 0 aromatic heterocycles. The standard InChI is InChI=1S/C12H17BrN2O/c1-15(7-9-4-5-16-8-9)12-3-2-10(13)6-11(12)14/h2-3,6,9H,4-5,7-8,14H2,1H3. The van der Waals surface area contributed by atoms with Crippen molar-refractivity contribution in [1.29, 1.82) is 0 Å². The molecule has 0 radical (unpaired) electrons. The van der Waals surface area contributed by atoms with Crippen LogP contribution in [0.5, 0.6) is 0 Å². The zero-order valence-corrected chi connectivity index (χ0v) is 11.0. The van der Waals surface area contributed by atoms with E-state index in [1.165, 1.54) is 0 Å². The minimum atomic E-state index is 0.632. The van der Waals surface area contributed by atoms with E-state index < -0.39 is 0 Å². The topological polar surface area (TPSA) is 38.5 Å². The summed E-state index contributed by atoms with van der Waals surface area (Å²) in [6.07, 6.45) is 1.15. The molecule has 1 fully saturated rings. The summed E-state index contributed by atoms with van der Waals surface area (Å²) in [4.78, 5) is 2.21. The van der Waals surface area contributed by atoms with Crippen LogP contribution in [0.1, 0.15) is 6.42 Å². The molecule has 0 spiro atoms. The maximum Gasteiger partial charge on any atom is 0.0598 e. The second kappa shape index (κ2) is 5.06. The second-order valence-electron chi connectivity index (χ2n) is 4.31. The number of nitrogen functional groups attached to an aromatic ring is 1. The van der Waals surface area contributed by atoms with Crippen molar-refractivity contribution >= 4 is 27.3 Å². The lowest BCUT2D eigenvalue weighted by atomic mass is 10.1. The average molecular weight is 285 g/mol. The number of nitrogens with two attached hydrogens (primary N) is 1. The second-order valence-corrected chi connectivity index (χ2v) is 5.23. The molecule has 1 saturated heterocycles. The van der Waals surface area contributed by atoms with Crippen LogP contribution in [0.4, 0.5) is 11.4 Å². The summed E-state index contributed by atoms with van der Waals surface area (Å²) in [5, 5.41) is 0. The first kappa shape index (κ1) is 11.7. The first-order chi connectivity index (χ1) is 7.66. The fourth-order valence-electron chi connectivity index (χ4n) is 2.09. The number of nitrogens with zero attached hydrogens (tertiary/aromatic N) is 1. The van der Waals surface area contributed by atoms with Crippen molar-refractivity contribution in [2.24, 2.45) is 5.92 Å². The maximum atomic E-state index is 5.99. The van der Waals surface area contributed by atoms with Gasteiger partial charge in [0.05, 0.1) is 18.0 Å². The van der Waals surface area contributed by atoms with Crippen molar-refractivity contribution in [3.8, 4) is 0 Å². The molecule has 4 heteroatoms. The summed E-state index contributed by atoms with van der Waals surface area (Å²) in [5.41, 5.74) is 7.90. The van der Waals surface area contributed by atoms with E-state index in [9.17, 15) is 0 Å². The highest BCUT2D eigenvalue weighted by molar-refractivity contribution is 9.10. The van der Waals surface area contributed by atoms with E-state index in [2.05, 4.69) is 33.9 Å². The molecule has 0 saturated carbocycles. The van der Waals surface area contributed by atoms with E-state index in [0.717, 1.165) is 42.0 Å². The van der Waals surface area contributed by atoms with Crippen molar-refractivity contribution in [1.82, 2.24) is 0 Å². The average Bonchev–Trinajstić information content (AvgIpc) is 2.70. The molecule has 0 bridgehead atoms. The number of hydrogen-bond donors (Lipinski definition) is 1. The van der Waals surface area contributed by atoms with E-state index in [-0.39, 0.29) is 0 Å². The fraction of sp³-hybridized carbons (Fsp3) is 0.500. The van der Waals surface area contributed by atoms with Crippen molar-refractivity contribution in [2.45, 2.75) is 6.42 Å². The Hall–Kier alpha value is -0.740. The van der Waals surface area contributed by atoms with Crippen LogP contribution in [-0.2, 0) is 4.74 Å². The van der Waals surface area contributed by atoms with Crippen LogP contribution < -0.4 is 10.6 Å². The van der Waals surface area contributed by atoms with Crippen LogP contribution in [0.25, 0.3) is 0 Å². The molecule has 1 aromatic carbocycles. The van der Waals surface area contributed by atoms with Crippen LogP contribution in [0, 0.1) is 5.92 Å². The van der Waals surface area contributed by atoms with Crippen LogP contribution in [0.2, 0.25) is 0 Å². The van der Waals surface area contributed by atoms with Crippen molar-refractivity contribution in [3.05, 3.63) is 22.7 Å². The molecule has 1 atom stereocenters. The summed E-state index contributed by atoms with van der Waals surface area (Å²) in [7, 11) is 2.08. The first-order valence-electron chi connectivity index (χ1n) is 5.50. The largest absolute Gasteiger partial charge is 0.397 e. The molecule has 88 valence electrons. The van der Waals surface area contributed by atoms with E-state index in [4.69, 9.17) is 10.5 Å². The summed E-state index contributed by atoms with van der Waals surface area (Å²) >= 11 is 3.42. The Balaban J connectivity index is 2.04. The fourth-order valence-corrected chi connectivity index (χ4v) is 2.46. The molecule has 1 aromatic rings. The van der Waals surface area contributed by atoms with Crippen LogP contribution in [0.3, 0.4) is 0 Å². The number of ether oxygens (including phenoxy) is 1. The number of benzene rings is 1. The van der Waals surface area contributed by atoms with E-state index in [1.54, 1.807) is 0 Å².